The third-order valence-electron chi connectivity index (χ3n) is 2.81. The van der Waals surface area contributed by atoms with Crippen LogP contribution < -0.4 is 10.6 Å². The molecule has 0 unspecified atom stereocenters. The lowest BCUT2D eigenvalue weighted by atomic mass is 10.2. The molecule has 1 aromatic heterocycles. The maximum absolute atomic E-state index is 6.18. The predicted molar refractivity (Wildman–Crippen MR) is 90.0 cm³/mol. The molecule has 0 fully saturated rings. The molecule has 0 spiro atoms. The highest BCUT2D eigenvalue weighted by atomic mass is 35.5. The Morgan fingerprint density at radius 1 is 1.10 bits per heavy atom. The number of rotatable bonds is 5. The Kier molecular flexibility index (Phi) is 5.26. The van der Waals surface area contributed by atoms with Gasteiger partial charge in [-0.2, -0.15) is 0 Å². The van der Waals surface area contributed by atoms with Gasteiger partial charge in [0, 0.05) is 23.6 Å². The van der Waals surface area contributed by atoms with Gasteiger partial charge in [-0.05, 0) is 25.1 Å². The van der Waals surface area contributed by atoms with Crippen LogP contribution in [-0.2, 0) is 0 Å². The highest BCUT2D eigenvalue weighted by Crippen LogP contribution is 2.28. The van der Waals surface area contributed by atoms with Crippen LogP contribution in [0, 0.1) is 0 Å². The second kappa shape index (κ2) is 6.96. The highest BCUT2D eigenvalue weighted by Gasteiger charge is 2.09. The minimum atomic E-state index is 0.241. The van der Waals surface area contributed by atoms with Gasteiger partial charge in [0.15, 0.2) is 0 Å². The fourth-order valence-electron chi connectivity index (χ4n) is 1.79. The van der Waals surface area contributed by atoms with Crippen molar-refractivity contribution in [1.29, 1.82) is 0 Å². The van der Waals surface area contributed by atoms with E-state index >= 15 is 0 Å². The molecule has 2 N–H and O–H groups in total. The number of anilines is 3. The Hall–Kier alpha value is -1.52. The van der Waals surface area contributed by atoms with Crippen molar-refractivity contribution in [2.75, 3.05) is 17.2 Å². The SMILES string of the molecule is CCNc1cc(Nc2ccc(Cl)cc2Cl)nc(C(C)C)n1. The maximum Gasteiger partial charge on any atom is 0.136 e. The van der Waals surface area contributed by atoms with Crippen LogP contribution in [0.4, 0.5) is 17.3 Å². The lowest BCUT2D eigenvalue weighted by molar-refractivity contribution is 0.777. The van der Waals surface area contributed by atoms with E-state index in [-0.39, 0.29) is 5.92 Å². The molecule has 0 aliphatic heterocycles. The summed E-state index contributed by atoms with van der Waals surface area (Å²) >= 11 is 12.1. The molecule has 6 heteroatoms. The summed E-state index contributed by atoms with van der Waals surface area (Å²) in [6, 6.07) is 7.17. The van der Waals surface area contributed by atoms with E-state index < -0.39 is 0 Å². The van der Waals surface area contributed by atoms with E-state index in [1.54, 1.807) is 12.1 Å². The molecule has 0 saturated heterocycles. The summed E-state index contributed by atoms with van der Waals surface area (Å²) in [6.45, 7) is 6.95. The van der Waals surface area contributed by atoms with Crippen LogP contribution in [0.1, 0.15) is 32.5 Å². The average Bonchev–Trinajstić information content (AvgIpc) is 2.42. The van der Waals surface area contributed by atoms with Gasteiger partial charge in [0.25, 0.3) is 0 Å². The first kappa shape index (κ1) is 15.9. The van der Waals surface area contributed by atoms with Crippen LogP contribution >= 0.6 is 23.2 Å². The Bertz CT molecular complexity index is 629. The van der Waals surface area contributed by atoms with Gasteiger partial charge in [0.2, 0.25) is 0 Å². The van der Waals surface area contributed by atoms with Gasteiger partial charge in [-0.3, -0.25) is 0 Å². The lowest BCUT2D eigenvalue weighted by Crippen LogP contribution is -2.07. The summed E-state index contributed by atoms with van der Waals surface area (Å²) in [6.07, 6.45) is 0. The molecule has 0 aliphatic rings. The molecule has 0 atom stereocenters. The Balaban J connectivity index is 2.33. The first-order valence-corrected chi connectivity index (χ1v) is 7.60. The van der Waals surface area contributed by atoms with Crippen molar-refractivity contribution >= 4 is 40.5 Å². The van der Waals surface area contributed by atoms with Crippen molar-refractivity contribution < 1.29 is 0 Å². The molecular formula is C15H18Cl2N4. The quantitative estimate of drug-likeness (QED) is 0.804. The Morgan fingerprint density at radius 2 is 1.81 bits per heavy atom. The molecular weight excluding hydrogens is 307 g/mol. The molecule has 2 rings (SSSR count). The van der Waals surface area contributed by atoms with Crippen LogP contribution in [0.15, 0.2) is 24.3 Å². The first-order valence-electron chi connectivity index (χ1n) is 6.84. The normalized spacial score (nSPS) is 10.8. The van der Waals surface area contributed by atoms with Gasteiger partial charge in [-0.25, -0.2) is 9.97 Å². The van der Waals surface area contributed by atoms with E-state index in [0.29, 0.717) is 15.9 Å². The second-order valence-electron chi connectivity index (χ2n) is 4.93. The summed E-state index contributed by atoms with van der Waals surface area (Å²) in [5.41, 5.74) is 0.761. The summed E-state index contributed by atoms with van der Waals surface area (Å²) in [7, 11) is 0. The largest absolute Gasteiger partial charge is 0.370 e. The van der Waals surface area contributed by atoms with Crippen LogP contribution in [0.2, 0.25) is 10.0 Å². The van der Waals surface area contributed by atoms with Crippen LogP contribution in [0.5, 0.6) is 0 Å². The van der Waals surface area contributed by atoms with Crippen molar-refractivity contribution in [3.63, 3.8) is 0 Å². The van der Waals surface area contributed by atoms with E-state index in [1.165, 1.54) is 0 Å². The summed E-state index contributed by atoms with van der Waals surface area (Å²) < 4.78 is 0. The Morgan fingerprint density at radius 3 is 2.43 bits per heavy atom. The predicted octanol–water partition coefficient (Wildman–Crippen LogP) is 5.08. The van der Waals surface area contributed by atoms with Crippen molar-refractivity contribution in [2.24, 2.45) is 0 Å². The molecule has 1 heterocycles. The fraction of sp³-hybridized carbons (Fsp3) is 0.333. The number of nitrogens with one attached hydrogen (secondary N) is 2. The smallest absolute Gasteiger partial charge is 0.136 e. The van der Waals surface area contributed by atoms with Crippen molar-refractivity contribution in [2.45, 2.75) is 26.7 Å². The number of hydrogen-bond donors (Lipinski definition) is 2. The molecule has 0 amide bonds. The molecule has 21 heavy (non-hydrogen) atoms. The van der Waals surface area contributed by atoms with Gasteiger partial charge in [-0.1, -0.05) is 37.0 Å². The topological polar surface area (TPSA) is 49.8 Å². The monoisotopic (exact) mass is 324 g/mol. The van der Waals surface area contributed by atoms with Gasteiger partial charge in [0.05, 0.1) is 10.7 Å². The van der Waals surface area contributed by atoms with E-state index in [0.717, 1.165) is 23.9 Å². The van der Waals surface area contributed by atoms with E-state index in [2.05, 4.69) is 34.4 Å². The van der Waals surface area contributed by atoms with Gasteiger partial charge in [-0.15, -0.1) is 0 Å². The fourth-order valence-corrected chi connectivity index (χ4v) is 2.24. The molecule has 0 aliphatic carbocycles. The third-order valence-corrected chi connectivity index (χ3v) is 3.36. The van der Waals surface area contributed by atoms with Crippen LogP contribution in [0.25, 0.3) is 0 Å². The average molecular weight is 325 g/mol. The summed E-state index contributed by atoms with van der Waals surface area (Å²) in [5, 5.41) is 7.57. The summed E-state index contributed by atoms with van der Waals surface area (Å²) in [5.74, 6) is 2.52. The standard InChI is InChI=1S/C15H18Cl2N4/c1-4-18-13-8-14(21-15(20-13)9(2)3)19-12-6-5-10(16)7-11(12)17/h5-9H,4H2,1-3H3,(H2,18,19,20,21). The minimum Gasteiger partial charge on any atom is -0.370 e. The van der Waals surface area contributed by atoms with Crippen LogP contribution in [0.3, 0.4) is 0 Å². The van der Waals surface area contributed by atoms with E-state index in [4.69, 9.17) is 23.2 Å². The number of aromatic nitrogens is 2. The van der Waals surface area contributed by atoms with E-state index in [1.807, 2.05) is 19.1 Å². The van der Waals surface area contributed by atoms with Crippen molar-refractivity contribution in [3.8, 4) is 0 Å². The molecule has 0 radical (unpaired) electrons. The van der Waals surface area contributed by atoms with Crippen LogP contribution in [-0.4, -0.2) is 16.5 Å². The second-order valence-corrected chi connectivity index (χ2v) is 5.77. The summed E-state index contributed by atoms with van der Waals surface area (Å²) in [4.78, 5) is 9.00. The Labute approximate surface area is 134 Å². The van der Waals surface area contributed by atoms with Gasteiger partial charge < -0.3 is 10.6 Å². The molecule has 2 aromatic rings. The third kappa shape index (κ3) is 4.22. The number of halogens is 2. The molecule has 0 saturated carbocycles. The van der Waals surface area contributed by atoms with Crippen molar-refractivity contribution in [1.82, 2.24) is 9.97 Å². The van der Waals surface area contributed by atoms with Gasteiger partial charge in [0.1, 0.15) is 17.5 Å². The van der Waals surface area contributed by atoms with Crippen molar-refractivity contribution in [3.05, 3.63) is 40.1 Å². The lowest BCUT2D eigenvalue weighted by Gasteiger charge is -2.13. The number of hydrogen-bond acceptors (Lipinski definition) is 4. The zero-order chi connectivity index (χ0) is 15.4. The molecule has 0 bridgehead atoms. The maximum atomic E-state index is 6.18. The highest BCUT2D eigenvalue weighted by molar-refractivity contribution is 6.36. The number of benzene rings is 1. The van der Waals surface area contributed by atoms with E-state index in [9.17, 15) is 0 Å². The molecule has 4 nitrogen and oxygen atoms in total. The molecule has 1 aromatic carbocycles. The zero-order valence-electron chi connectivity index (χ0n) is 12.2. The number of nitrogens with zero attached hydrogens (tertiary/aromatic N) is 2. The minimum absolute atomic E-state index is 0.241. The zero-order valence-corrected chi connectivity index (χ0v) is 13.8. The van der Waals surface area contributed by atoms with Gasteiger partial charge >= 0.3 is 0 Å². The molecule has 112 valence electrons. The first-order chi connectivity index (χ1) is 9.99.